The van der Waals surface area contributed by atoms with Crippen LogP contribution in [0.4, 0.5) is 4.79 Å². The maximum atomic E-state index is 12.2. The van der Waals surface area contributed by atoms with E-state index in [1.807, 2.05) is 31.7 Å². The fraction of sp³-hybridized carbons (Fsp3) is 0.800. The second kappa shape index (κ2) is 6.94. The number of nitrogens with one attached hydrogen (secondary N) is 1. The summed E-state index contributed by atoms with van der Waals surface area (Å²) in [6.07, 6.45) is 4.96. The van der Waals surface area contributed by atoms with Gasteiger partial charge >= 0.3 is 6.09 Å². The molecule has 2 atom stereocenters. The van der Waals surface area contributed by atoms with Gasteiger partial charge in [0.25, 0.3) is 0 Å². The lowest BCUT2D eigenvalue weighted by Gasteiger charge is -2.37. The number of nitrogens with zero attached hydrogens (tertiary/aromatic N) is 1. The van der Waals surface area contributed by atoms with Crippen LogP contribution in [0.2, 0.25) is 0 Å². The number of carbonyl (C=O) groups excluding carboxylic acids is 1. The molecule has 110 valence electrons. The van der Waals surface area contributed by atoms with Crippen LogP contribution in [0.5, 0.6) is 0 Å². The molecule has 1 rings (SSSR count). The summed E-state index contributed by atoms with van der Waals surface area (Å²) >= 11 is 0. The van der Waals surface area contributed by atoms with E-state index in [2.05, 4.69) is 18.8 Å². The Morgan fingerprint density at radius 3 is 2.79 bits per heavy atom. The minimum Gasteiger partial charge on any atom is -0.444 e. The van der Waals surface area contributed by atoms with Gasteiger partial charge in [0.1, 0.15) is 5.60 Å². The first-order chi connectivity index (χ1) is 8.83. The summed E-state index contributed by atoms with van der Waals surface area (Å²) in [4.78, 5) is 14.1. The molecule has 0 radical (unpaired) electrons. The van der Waals surface area contributed by atoms with Gasteiger partial charge in [-0.3, -0.25) is 0 Å². The van der Waals surface area contributed by atoms with Crippen molar-refractivity contribution in [2.45, 2.75) is 64.6 Å². The smallest absolute Gasteiger partial charge is 0.410 e. The number of piperidine rings is 1. The average Bonchev–Trinajstić information content (AvgIpc) is 2.34. The summed E-state index contributed by atoms with van der Waals surface area (Å²) in [6.45, 7) is 13.1. The summed E-state index contributed by atoms with van der Waals surface area (Å²) in [5, 5.41) is 3.38. The SMILES string of the molecule is C=CC(C)NCC1CCCCN1C(=O)OC(C)(C)C. The Balaban J connectivity index is 2.56. The summed E-state index contributed by atoms with van der Waals surface area (Å²) in [6, 6.07) is 0.494. The van der Waals surface area contributed by atoms with E-state index in [0.29, 0.717) is 0 Å². The van der Waals surface area contributed by atoms with E-state index < -0.39 is 5.60 Å². The van der Waals surface area contributed by atoms with Crippen LogP contribution < -0.4 is 5.32 Å². The Hall–Kier alpha value is -1.03. The third kappa shape index (κ3) is 5.64. The molecule has 1 aliphatic heterocycles. The standard InChI is InChI=1S/C15H28N2O2/c1-6-12(2)16-11-13-9-7-8-10-17(13)14(18)19-15(3,4)5/h6,12-13,16H,1,7-11H2,2-5H3. The molecular weight excluding hydrogens is 240 g/mol. The minimum absolute atomic E-state index is 0.190. The Morgan fingerprint density at radius 2 is 2.21 bits per heavy atom. The maximum absolute atomic E-state index is 12.2. The lowest BCUT2D eigenvalue weighted by molar-refractivity contribution is 0.00984. The van der Waals surface area contributed by atoms with E-state index in [1.165, 1.54) is 6.42 Å². The molecule has 1 aliphatic rings. The van der Waals surface area contributed by atoms with Crippen molar-refractivity contribution in [3.05, 3.63) is 12.7 Å². The molecule has 1 saturated heterocycles. The molecule has 0 saturated carbocycles. The topological polar surface area (TPSA) is 41.6 Å². The van der Waals surface area contributed by atoms with Gasteiger partial charge in [-0.15, -0.1) is 6.58 Å². The predicted molar refractivity (Wildman–Crippen MR) is 78.2 cm³/mol. The van der Waals surface area contributed by atoms with Crippen molar-refractivity contribution in [1.29, 1.82) is 0 Å². The van der Waals surface area contributed by atoms with Crippen molar-refractivity contribution in [3.8, 4) is 0 Å². The van der Waals surface area contributed by atoms with Gasteiger partial charge < -0.3 is 15.0 Å². The molecule has 1 fully saturated rings. The Morgan fingerprint density at radius 1 is 1.53 bits per heavy atom. The second-order valence-corrected chi connectivity index (χ2v) is 6.26. The lowest BCUT2D eigenvalue weighted by Crippen LogP contribution is -2.50. The first kappa shape index (κ1) is 16.0. The Kier molecular flexibility index (Phi) is 5.85. The molecule has 19 heavy (non-hydrogen) atoms. The van der Waals surface area contributed by atoms with Crippen LogP contribution in [-0.4, -0.2) is 41.8 Å². The third-order valence-corrected chi connectivity index (χ3v) is 3.28. The largest absolute Gasteiger partial charge is 0.444 e. The van der Waals surface area contributed by atoms with Gasteiger partial charge in [0.2, 0.25) is 0 Å². The molecule has 1 N–H and O–H groups in total. The zero-order valence-corrected chi connectivity index (χ0v) is 12.7. The van der Waals surface area contributed by atoms with E-state index >= 15 is 0 Å². The average molecular weight is 268 g/mol. The van der Waals surface area contributed by atoms with Gasteiger partial charge in [-0.25, -0.2) is 4.79 Å². The van der Waals surface area contributed by atoms with Gasteiger partial charge in [-0.2, -0.15) is 0 Å². The van der Waals surface area contributed by atoms with Crippen molar-refractivity contribution in [3.63, 3.8) is 0 Å². The van der Waals surface area contributed by atoms with Gasteiger partial charge in [0.05, 0.1) is 0 Å². The maximum Gasteiger partial charge on any atom is 0.410 e. The lowest BCUT2D eigenvalue weighted by atomic mass is 10.0. The molecule has 1 heterocycles. The van der Waals surface area contributed by atoms with Crippen molar-refractivity contribution >= 4 is 6.09 Å². The summed E-state index contributed by atoms with van der Waals surface area (Å²) in [7, 11) is 0. The normalized spacial score (nSPS) is 21.9. The molecule has 0 aromatic carbocycles. The number of amides is 1. The van der Waals surface area contributed by atoms with Crippen LogP contribution in [0, 0.1) is 0 Å². The van der Waals surface area contributed by atoms with Crippen LogP contribution in [0.3, 0.4) is 0 Å². The van der Waals surface area contributed by atoms with Crippen molar-refractivity contribution in [1.82, 2.24) is 10.2 Å². The molecule has 4 nitrogen and oxygen atoms in total. The molecule has 0 aromatic heterocycles. The number of hydrogen-bond acceptors (Lipinski definition) is 3. The highest BCUT2D eigenvalue weighted by atomic mass is 16.6. The van der Waals surface area contributed by atoms with Crippen LogP contribution >= 0.6 is 0 Å². The van der Waals surface area contributed by atoms with Gasteiger partial charge in [0, 0.05) is 25.2 Å². The van der Waals surface area contributed by atoms with Crippen LogP contribution in [0.15, 0.2) is 12.7 Å². The minimum atomic E-state index is -0.430. The Labute approximate surface area is 117 Å². The number of likely N-dealkylation sites (tertiary alicyclic amines) is 1. The zero-order chi connectivity index (χ0) is 14.5. The highest BCUT2D eigenvalue weighted by molar-refractivity contribution is 5.68. The van der Waals surface area contributed by atoms with Crippen molar-refractivity contribution in [2.75, 3.05) is 13.1 Å². The van der Waals surface area contributed by atoms with Crippen LogP contribution in [-0.2, 0) is 4.74 Å². The first-order valence-corrected chi connectivity index (χ1v) is 7.19. The molecule has 0 aliphatic carbocycles. The molecule has 0 bridgehead atoms. The number of ether oxygens (including phenoxy) is 1. The molecule has 0 spiro atoms. The van der Waals surface area contributed by atoms with Crippen LogP contribution in [0.1, 0.15) is 47.0 Å². The first-order valence-electron chi connectivity index (χ1n) is 7.19. The molecular formula is C15H28N2O2. The number of carbonyl (C=O) groups is 1. The third-order valence-electron chi connectivity index (χ3n) is 3.28. The van der Waals surface area contributed by atoms with E-state index in [0.717, 1.165) is 25.9 Å². The van der Waals surface area contributed by atoms with Gasteiger partial charge in [-0.05, 0) is 47.0 Å². The van der Waals surface area contributed by atoms with Gasteiger partial charge in [0.15, 0.2) is 0 Å². The molecule has 4 heteroatoms. The monoisotopic (exact) mass is 268 g/mol. The van der Waals surface area contributed by atoms with E-state index in [4.69, 9.17) is 4.74 Å². The fourth-order valence-corrected chi connectivity index (χ4v) is 2.18. The second-order valence-electron chi connectivity index (χ2n) is 6.26. The highest BCUT2D eigenvalue weighted by Crippen LogP contribution is 2.20. The fourth-order valence-electron chi connectivity index (χ4n) is 2.18. The van der Waals surface area contributed by atoms with Crippen molar-refractivity contribution < 1.29 is 9.53 Å². The molecule has 0 aromatic rings. The zero-order valence-electron chi connectivity index (χ0n) is 12.7. The van der Waals surface area contributed by atoms with Crippen LogP contribution in [0.25, 0.3) is 0 Å². The number of rotatable bonds is 4. The number of hydrogen-bond donors (Lipinski definition) is 1. The van der Waals surface area contributed by atoms with Crippen molar-refractivity contribution in [2.24, 2.45) is 0 Å². The Bertz CT molecular complexity index is 310. The summed E-state index contributed by atoms with van der Waals surface area (Å²) in [5.41, 5.74) is -0.430. The van der Waals surface area contributed by atoms with E-state index in [1.54, 1.807) is 0 Å². The van der Waals surface area contributed by atoms with Gasteiger partial charge in [-0.1, -0.05) is 6.08 Å². The summed E-state index contributed by atoms with van der Waals surface area (Å²) in [5.74, 6) is 0. The predicted octanol–water partition coefficient (Wildman–Crippen LogP) is 2.94. The molecule has 1 amide bonds. The van der Waals surface area contributed by atoms with E-state index in [9.17, 15) is 4.79 Å². The highest BCUT2D eigenvalue weighted by Gasteiger charge is 2.30. The molecule has 2 unspecified atom stereocenters. The van der Waals surface area contributed by atoms with E-state index in [-0.39, 0.29) is 18.2 Å². The summed E-state index contributed by atoms with van der Waals surface area (Å²) < 4.78 is 5.48. The quantitative estimate of drug-likeness (QED) is 0.797.